The fraction of sp³-hybridized carbons (Fsp3) is 0.286. The predicted octanol–water partition coefficient (Wildman–Crippen LogP) is 2.40. The highest BCUT2D eigenvalue weighted by Crippen LogP contribution is 2.24. The number of nitrogens with two attached hydrogens (primary N) is 1. The number of hydrogen-bond acceptors (Lipinski definition) is 5. The summed E-state index contributed by atoms with van der Waals surface area (Å²) in [6.07, 6.45) is 1.72. The van der Waals surface area contributed by atoms with Crippen LogP contribution in [0.4, 0.5) is 5.69 Å². The normalized spacial score (nSPS) is 11.2. The molecule has 0 aliphatic rings. The van der Waals surface area contributed by atoms with Crippen molar-refractivity contribution in [3.05, 3.63) is 40.3 Å². The van der Waals surface area contributed by atoms with Crippen LogP contribution in [0.3, 0.4) is 0 Å². The summed E-state index contributed by atoms with van der Waals surface area (Å²) < 4.78 is 5.12. The molecule has 0 bridgehead atoms. The molecule has 2 aromatic rings. The van der Waals surface area contributed by atoms with Crippen molar-refractivity contribution in [2.24, 2.45) is 0 Å². The molecule has 0 radical (unpaired) electrons. The minimum absolute atomic E-state index is 0.249. The van der Waals surface area contributed by atoms with E-state index in [1.165, 1.54) is 11.3 Å². The average molecular weight is 291 g/mol. The predicted molar refractivity (Wildman–Crippen MR) is 80.0 cm³/mol. The molecule has 1 aromatic heterocycles. The summed E-state index contributed by atoms with van der Waals surface area (Å²) in [5.41, 5.74) is 6.11. The Kier molecular flexibility index (Phi) is 3.94. The maximum Gasteiger partial charge on any atom is 0.254 e. The highest BCUT2D eigenvalue weighted by atomic mass is 32.1. The molecule has 0 aliphatic heterocycles. The number of carbonyl (C=O) groups excluding carboxylic acids is 1. The molecule has 0 aliphatic carbocycles. The largest absolute Gasteiger partial charge is 0.497 e. The maximum absolute atomic E-state index is 12.4. The molecule has 0 saturated carbocycles. The lowest BCUT2D eigenvalue weighted by Gasteiger charge is -2.24. The number of nitrogens with one attached hydrogen (secondary N) is 1. The van der Waals surface area contributed by atoms with Gasteiger partial charge in [0.25, 0.3) is 5.91 Å². The van der Waals surface area contributed by atoms with E-state index >= 15 is 0 Å². The van der Waals surface area contributed by atoms with E-state index in [0.29, 0.717) is 17.0 Å². The Labute approximate surface area is 121 Å². The molecule has 20 heavy (non-hydrogen) atoms. The molecular formula is C14H17N3O2S. The van der Waals surface area contributed by atoms with Crippen LogP contribution in [0.25, 0.3) is 0 Å². The third kappa shape index (κ3) is 2.91. The van der Waals surface area contributed by atoms with Crippen LogP contribution < -0.4 is 15.8 Å². The number of ether oxygens (including phenoxy) is 1. The standard InChI is InChI=1S/C14H17N3O2S/c1-14(2,13-16-6-7-20-13)17-12(18)10-8-9(19-3)4-5-11(10)15/h4-8H,15H2,1-3H3,(H,17,18). The average Bonchev–Trinajstić information content (AvgIpc) is 2.93. The number of anilines is 1. The van der Waals surface area contributed by atoms with Gasteiger partial charge in [0.15, 0.2) is 0 Å². The van der Waals surface area contributed by atoms with Crippen molar-refractivity contribution in [2.75, 3.05) is 12.8 Å². The Morgan fingerprint density at radius 3 is 2.80 bits per heavy atom. The number of nitrogens with zero attached hydrogens (tertiary/aromatic N) is 1. The van der Waals surface area contributed by atoms with Crippen molar-refractivity contribution in [1.82, 2.24) is 10.3 Å². The summed E-state index contributed by atoms with van der Waals surface area (Å²) >= 11 is 1.50. The van der Waals surface area contributed by atoms with Crippen molar-refractivity contribution in [1.29, 1.82) is 0 Å². The number of nitrogen functional groups attached to an aromatic ring is 1. The third-order valence-electron chi connectivity index (χ3n) is 2.90. The van der Waals surface area contributed by atoms with Gasteiger partial charge in [0.05, 0.1) is 18.2 Å². The van der Waals surface area contributed by atoms with Gasteiger partial charge < -0.3 is 15.8 Å². The second-order valence-electron chi connectivity index (χ2n) is 4.87. The van der Waals surface area contributed by atoms with Crippen molar-refractivity contribution >= 4 is 22.9 Å². The molecule has 0 atom stereocenters. The molecule has 2 rings (SSSR count). The number of aromatic nitrogens is 1. The zero-order chi connectivity index (χ0) is 14.8. The first kappa shape index (κ1) is 14.3. The van der Waals surface area contributed by atoms with Gasteiger partial charge in [0.2, 0.25) is 0 Å². The number of methoxy groups -OCH3 is 1. The molecule has 1 heterocycles. The zero-order valence-corrected chi connectivity index (χ0v) is 12.5. The van der Waals surface area contributed by atoms with Gasteiger partial charge in [0.1, 0.15) is 10.8 Å². The van der Waals surface area contributed by atoms with Gasteiger partial charge in [-0.25, -0.2) is 4.98 Å². The molecule has 0 saturated heterocycles. The molecule has 0 spiro atoms. The van der Waals surface area contributed by atoms with Crippen LogP contribution in [0.1, 0.15) is 29.2 Å². The fourth-order valence-corrected chi connectivity index (χ4v) is 2.51. The van der Waals surface area contributed by atoms with E-state index in [1.807, 2.05) is 19.2 Å². The van der Waals surface area contributed by atoms with Crippen molar-refractivity contribution in [3.8, 4) is 5.75 Å². The highest BCUT2D eigenvalue weighted by Gasteiger charge is 2.26. The zero-order valence-electron chi connectivity index (χ0n) is 11.6. The van der Waals surface area contributed by atoms with Gasteiger partial charge in [-0.3, -0.25) is 4.79 Å². The van der Waals surface area contributed by atoms with Gasteiger partial charge in [-0.05, 0) is 32.0 Å². The van der Waals surface area contributed by atoms with Crippen LogP contribution in [0.15, 0.2) is 29.8 Å². The number of amides is 1. The molecule has 3 N–H and O–H groups in total. The van der Waals surface area contributed by atoms with Crippen molar-refractivity contribution in [2.45, 2.75) is 19.4 Å². The Balaban J connectivity index is 2.24. The lowest BCUT2D eigenvalue weighted by molar-refractivity contribution is 0.0912. The van der Waals surface area contributed by atoms with Crippen LogP contribution in [0.5, 0.6) is 5.75 Å². The van der Waals surface area contributed by atoms with Crippen molar-refractivity contribution in [3.63, 3.8) is 0 Å². The maximum atomic E-state index is 12.4. The Bertz CT molecular complexity index is 609. The SMILES string of the molecule is COc1ccc(N)c(C(=O)NC(C)(C)c2nccs2)c1. The molecule has 0 unspecified atom stereocenters. The minimum Gasteiger partial charge on any atom is -0.497 e. The number of benzene rings is 1. The number of thiazole rings is 1. The third-order valence-corrected chi connectivity index (χ3v) is 3.99. The van der Waals surface area contributed by atoms with Gasteiger partial charge in [-0.1, -0.05) is 0 Å². The van der Waals surface area contributed by atoms with E-state index in [0.717, 1.165) is 5.01 Å². The molecule has 106 valence electrons. The van der Waals surface area contributed by atoms with Crippen LogP contribution in [-0.2, 0) is 5.54 Å². The first-order valence-electron chi connectivity index (χ1n) is 6.10. The molecule has 5 nitrogen and oxygen atoms in total. The van der Waals surface area contributed by atoms with Crippen molar-refractivity contribution < 1.29 is 9.53 Å². The first-order valence-corrected chi connectivity index (χ1v) is 6.98. The molecule has 1 aromatic carbocycles. The summed E-state index contributed by atoms with van der Waals surface area (Å²) in [6, 6.07) is 5.00. The molecule has 6 heteroatoms. The van der Waals surface area contributed by atoms with E-state index in [-0.39, 0.29) is 5.91 Å². The highest BCUT2D eigenvalue weighted by molar-refractivity contribution is 7.09. The van der Waals surface area contributed by atoms with E-state index in [4.69, 9.17) is 10.5 Å². The van der Waals surface area contributed by atoms with E-state index < -0.39 is 5.54 Å². The summed E-state index contributed by atoms with van der Waals surface area (Å²) in [7, 11) is 1.55. The van der Waals surface area contributed by atoms with Gasteiger partial charge in [-0.15, -0.1) is 11.3 Å². The number of hydrogen-bond donors (Lipinski definition) is 2. The van der Waals surface area contributed by atoms with E-state index in [1.54, 1.807) is 31.5 Å². The quantitative estimate of drug-likeness (QED) is 0.848. The molecule has 0 fully saturated rings. The molecule has 1 amide bonds. The van der Waals surface area contributed by atoms with E-state index in [9.17, 15) is 4.79 Å². The lowest BCUT2D eigenvalue weighted by Crippen LogP contribution is -2.41. The van der Waals surface area contributed by atoms with Gasteiger partial charge >= 0.3 is 0 Å². The topological polar surface area (TPSA) is 77.2 Å². The Hall–Kier alpha value is -2.08. The van der Waals surface area contributed by atoms with Gasteiger partial charge in [-0.2, -0.15) is 0 Å². The summed E-state index contributed by atoms with van der Waals surface area (Å²) in [5.74, 6) is 0.345. The smallest absolute Gasteiger partial charge is 0.254 e. The number of carbonyl (C=O) groups is 1. The summed E-state index contributed by atoms with van der Waals surface area (Å²) in [6.45, 7) is 3.81. The fourth-order valence-electron chi connectivity index (χ4n) is 1.80. The second-order valence-corrected chi connectivity index (χ2v) is 5.76. The van der Waals surface area contributed by atoms with Crippen LogP contribution >= 0.6 is 11.3 Å². The summed E-state index contributed by atoms with van der Waals surface area (Å²) in [4.78, 5) is 16.6. The second kappa shape index (κ2) is 5.50. The minimum atomic E-state index is -0.555. The van der Waals surface area contributed by atoms with Crippen LogP contribution in [-0.4, -0.2) is 18.0 Å². The van der Waals surface area contributed by atoms with E-state index in [2.05, 4.69) is 10.3 Å². The monoisotopic (exact) mass is 291 g/mol. The Morgan fingerprint density at radius 2 is 2.20 bits per heavy atom. The van der Waals surface area contributed by atoms with Gasteiger partial charge in [0, 0.05) is 17.3 Å². The number of rotatable bonds is 4. The van der Waals surface area contributed by atoms with Crippen LogP contribution in [0.2, 0.25) is 0 Å². The Morgan fingerprint density at radius 1 is 1.45 bits per heavy atom. The molecular weight excluding hydrogens is 274 g/mol. The lowest BCUT2D eigenvalue weighted by atomic mass is 10.0. The first-order chi connectivity index (χ1) is 9.44. The summed E-state index contributed by atoms with van der Waals surface area (Å²) in [5, 5.41) is 5.66. The van der Waals surface area contributed by atoms with Crippen LogP contribution in [0, 0.1) is 0 Å².